The fourth-order valence-electron chi connectivity index (χ4n) is 5.36. The van der Waals surface area contributed by atoms with Gasteiger partial charge >= 0.3 is 6.18 Å². The van der Waals surface area contributed by atoms with Crippen molar-refractivity contribution in [2.24, 2.45) is 0 Å². The Bertz CT molecular complexity index is 1970. The first-order chi connectivity index (χ1) is 21.7. The highest BCUT2D eigenvalue weighted by Crippen LogP contribution is 2.51. The monoisotopic (exact) mass is 605 g/mol. The van der Waals surface area contributed by atoms with Crippen LogP contribution in [-0.2, 0) is 0 Å². The van der Waals surface area contributed by atoms with E-state index in [2.05, 4.69) is 60.7 Å². The van der Waals surface area contributed by atoms with Crippen LogP contribution in [-0.4, -0.2) is 42.2 Å². The molecule has 7 nitrogen and oxygen atoms in total. The number of pyridine rings is 5. The van der Waals surface area contributed by atoms with Gasteiger partial charge in [-0.15, -0.1) is 0 Å². The van der Waals surface area contributed by atoms with Gasteiger partial charge in [0.05, 0.1) is 5.69 Å². The maximum Gasteiger partial charge on any atom is 0.411 e. The highest BCUT2D eigenvalue weighted by molar-refractivity contribution is 5.97. The fourth-order valence-corrected chi connectivity index (χ4v) is 5.36. The number of nitrogens with zero attached hydrogens (tertiary/aromatic N) is 5. The SMILES string of the molecule is CC1(Nc2cc(-c3ccncc3)cc3cnccc23)CC1.FC(F)(F)C1(Nc2nc(-c3ccncc3)cc3cnccc23)CC1. The van der Waals surface area contributed by atoms with E-state index in [1.54, 1.807) is 43.0 Å². The summed E-state index contributed by atoms with van der Waals surface area (Å²) in [6.45, 7) is 2.28. The Morgan fingerprint density at radius 3 is 1.80 bits per heavy atom. The molecule has 0 amide bonds. The van der Waals surface area contributed by atoms with E-state index in [4.69, 9.17) is 0 Å². The van der Waals surface area contributed by atoms with Gasteiger partial charge in [-0.1, -0.05) is 0 Å². The lowest BCUT2D eigenvalue weighted by Gasteiger charge is -2.22. The highest BCUT2D eigenvalue weighted by atomic mass is 19.4. The second kappa shape index (κ2) is 11.1. The lowest BCUT2D eigenvalue weighted by Crippen LogP contribution is -2.39. The molecule has 0 atom stereocenters. The van der Waals surface area contributed by atoms with Gasteiger partial charge in [0.2, 0.25) is 0 Å². The van der Waals surface area contributed by atoms with E-state index in [9.17, 15) is 13.2 Å². The van der Waals surface area contributed by atoms with E-state index < -0.39 is 11.7 Å². The molecule has 0 spiro atoms. The predicted octanol–water partition coefficient (Wildman–Crippen LogP) is 8.46. The summed E-state index contributed by atoms with van der Waals surface area (Å²) in [5, 5.41) is 10.1. The number of benzene rings is 1. The Balaban J connectivity index is 0.000000146. The van der Waals surface area contributed by atoms with Crippen LogP contribution in [0.15, 0.2) is 104 Å². The Morgan fingerprint density at radius 1 is 0.622 bits per heavy atom. The molecule has 2 fully saturated rings. The molecule has 6 aromatic rings. The van der Waals surface area contributed by atoms with Gasteiger partial charge in [-0.05, 0) is 98.3 Å². The second-order valence-corrected chi connectivity index (χ2v) is 11.9. The Morgan fingerprint density at radius 2 is 1.20 bits per heavy atom. The molecule has 0 saturated heterocycles. The zero-order valence-corrected chi connectivity index (χ0v) is 24.5. The Kier molecular flexibility index (Phi) is 7.07. The average Bonchev–Trinajstić information content (AvgIpc) is 4.00. The number of hydrogen-bond acceptors (Lipinski definition) is 7. The van der Waals surface area contributed by atoms with Gasteiger partial charge in [-0.25, -0.2) is 4.98 Å². The van der Waals surface area contributed by atoms with Crippen LogP contribution in [0.25, 0.3) is 43.9 Å². The number of anilines is 2. The maximum atomic E-state index is 13.3. The van der Waals surface area contributed by atoms with Gasteiger partial charge in [0.1, 0.15) is 11.4 Å². The third-order valence-electron chi connectivity index (χ3n) is 8.46. The molecular formula is C35H30F3N7. The first-order valence-electron chi connectivity index (χ1n) is 14.8. The molecule has 2 aliphatic rings. The van der Waals surface area contributed by atoms with E-state index in [1.165, 1.54) is 40.4 Å². The van der Waals surface area contributed by atoms with Gasteiger partial charge in [0.25, 0.3) is 0 Å². The number of aromatic nitrogens is 5. The summed E-state index contributed by atoms with van der Waals surface area (Å²) in [7, 11) is 0. The molecule has 8 rings (SSSR count). The Labute approximate surface area is 258 Å². The molecule has 226 valence electrons. The van der Waals surface area contributed by atoms with Crippen molar-refractivity contribution in [2.45, 2.75) is 49.9 Å². The standard InChI is InChI=1S/C18H17N3.C17H13F3N4/c1-18(5-6-18)21-17-11-14(13-2-7-19-8-3-13)10-15-12-20-9-4-16(15)17;18-17(19,20)16(4-5-16)24-15-13-3-8-22-10-12(13)9-14(23-15)11-1-6-21-7-2-11/h2-4,7-12,21H,5-6H2,1H3;1-3,6-10H,4-5H2,(H,23,24). The lowest BCUT2D eigenvalue weighted by molar-refractivity contribution is -0.151. The molecule has 5 heterocycles. The predicted molar refractivity (Wildman–Crippen MR) is 171 cm³/mol. The lowest BCUT2D eigenvalue weighted by atomic mass is 10.0. The minimum absolute atomic E-state index is 0.0598. The third-order valence-corrected chi connectivity index (χ3v) is 8.46. The summed E-state index contributed by atoms with van der Waals surface area (Å²) in [4.78, 5) is 20.8. The zero-order valence-electron chi connectivity index (χ0n) is 24.5. The van der Waals surface area contributed by atoms with Crippen LogP contribution < -0.4 is 10.6 Å². The fraction of sp³-hybridized carbons (Fsp3) is 0.229. The van der Waals surface area contributed by atoms with Crippen molar-refractivity contribution in [3.63, 3.8) is 0 Å². The van der Waals surface area contributed by atoms with Crippen LogP contribution in [0, 0.1) is 0 Å². The topological polar surface area (TPSA) is 88.5 Å². The van der Waals surface area contributed by atoms with Crippen molar-refractivity contribution >= 4 is 33.1 Å². The summed E-state index contributed by atoms with van der Waals surface area (Å²) < 4.78 is 39.9. The van der Waals surface area contributed by atoms with Crippen molar-refractivity contribution in [1.29, 1.82) is 0 Å². The van der Waals surface area contributed by atoms with E-state index in [-0.39, 0.29) is 24.2 Å². The molecule has 2 saturated carbocycles. The summed E-state index contributed by atoms with van der Waals surface area (Å²) >= 11 is 0. The van der Waals surface area contributed by atoms with Gasteiger partial charge in [-0.3, -0.25) is 19.9 Å². The molecule has 0 unspecified atom stereocenters. The molecule has 10 heteroatoms. The average molecular weight is 606 g/mol. The molecule has 1 aromatic carbocycles. The molecular weight excluding hydrogens is 575 g/mol. The number of rotatable bonds is 6. The normalized spacial score (nSPS) is 16.0. The third kappa shape index (κ3) is 6.00. The minimum Gasteiger partial charge on any atom is -0.379 e. The molecule has 2 N–H and O–H groups in total. The molecule has 5 aromatic heterocycles. The van der Waals surface area contributed by atoms with E-state index in [0.717, 1.165) is 10.9 Å². The van der Waals surface area contributed by atoms with Crippen LogP contribution >= 0.6 is 0 Å². The van der Waals surface area contributed by atoms with Crippen molar-refractivity contribution in [2.75, 3.05) is 10.6 Å². The highest BCUT2D eigenvalue weighted by Gasteiger charge is 2.63. The van der Waals surface area contributed by atoms with Gasteiger partial charge in [-0.2, -0.15) is 13.2 Å². The molecule has 45 heavy (non-hydrogen) atoms. The van der Waals surface area contributed by atoms with Gasteiger partial charge < -0.3 is 10.6 Å². The van der Waals surface area contributed by atoms with Crippen LogP contribution in [0.3, 0.4) is 0 Å². The number of hydrogen-bond donors (Lipinski definition) is 2. The minimum atomic E-state index is -4.30. The van der Waals surface area contributed by atoms with Gasteiger partial charge in [0, 0.05) is 87.9 Å². The Hall–Kier alpha value is -5.12. The van der Waals surface area contributed by atoms with Crippen LogP contribution in [0.4, 0.5) is 24.7 Å². The molecule has 0 radical (unpaired) electrons. The van der Waals surface area contributed by atoms with E-state index in [0.29, 0.717) is 11.1 Å². The van der Waals surface area contributed by atoms with E-state index in [1.807, 2.05) is 43.0 Å². The van der Waals surface area contributed by atoms with Crippen molar-refractivity contribution < 1.29 is 13.2 Å². The van der Waals surface area contributed by atoms with Crippen LogP contribution in [0.5, 0.6) is 0 Å². The largest absolute Gasteiger partial charge is 0.411 e. The molecule has 0 aliphatic heterocycles. The quantitative estimate of drug-likeness (QED) is 0.197. The molecule has 2 aliphatic carbocycles. The summed E-state index contributed by atoms with van der Waals surface area (Å²) in [5.41, 5.74) is 3.33. The smallest absolute Gasteiger partial charge is 0.379 e. The van der Waals surface area contributed by atoms with Crippen molar-refractivity contribution in [3.8, 4) is 22.4 Å². The zero-order chi connectivity index (χ0) is 31.1. The number of nitrogens with one attached hydrogen (secondary N) is 2. The number of halogens is 3. The van der Waals surface area contributed by atoms with Crippen LogP contribution in [0.1, 0.15) is 32.6 Å². The number of alkyl halides is 3. The van der Waals surface area contributed by atoms with Crippen molar-refractivity contribution in [1.82, 2.24) is 24.9 Å². The maximum absolute atomic E-state index is 13.3. The molecule has 0 bridgehead atoms. The number of fused-ring (bicyclic) bond motifs is 2. The second-order valence-electron chi connectivity index (χ2n) is 11.9. The first-order valence-corrected chi connectivity index (χ1v) is 14.8. The van der Waals surface area contributed by atoms with E-state index >= 15 is 0 Å². The first kappa shape index (κ1) is 28.6. The van der Waals surface area contributed by atoms with Gasteiger partial charge in [0.15, 0.2) is 0 Å². The van der Waals surface area contributed by atoms with Crippen LogP contribution in [0.2, 0.25) is 0 Å². The summed E-state index contributed by atoms with van der Waals surface area (Å²) in [6, 6.07) is 17.6. The summed E-state index contributed by atoms with van der Waals surface area (Å²) in [6.07, 6.45) is 12.2. The van der Waals surface area contributed by atoms with Crippen molar-refractivity contribution in [3.05, 3.63) is 104 Å². The summed E-state index contributed by atoms with van der Waals surface area (Å²) in [5.74, 6) is 0.233.